The van der Waals surface area contributed by atoms with E-state index in [1.165, 1.54) is 0 Å². The topological polar surface area (TPSA) is 71.1 Å². The largest absolute Gasteiger partial charge is 0.359 e. The van der Waals surface area contributed by atoms with Crippen molar-refractivity contribution < 1.29 is 9.59 Å². The number of hydrogen-bond acceptors (Lipinski definition) is 3. The zero-order valence-electron chi connectivity index (χ0n) is 12.8. The van der Waals surface area contributed by atoms with Gasteiger partial charge in [-0.1, -0.05) is 20.8 Å². The number of nitrogens with one attached hydrogen (secondary N) is 2. The predicted octanol–water partition coefficient (Wildman–Crippen LogP) is 2.13. The van der Waals surface area contributed by atoms with Gasteiger partial charge in [-0.2, -0.15) is 0 Å². The first kappa shape index (κ1) is 16.1. The van der Waals surface area contributed by atoms with Gasteiger partial charge >= 0.3 is 0 Å². The number of nitrogens with zero attached hydrogens (tertiary/aromatic N) is 1. The highest BCUT2D eigenvalue weighted by Crippen LogP contribution is 2.26. The Labute approximate surface area is 120 Å². The summed E-state index contributed by atoms with van der Waals surface area (Å²) in [7, 11) is 1.60. The Morgan fingerprint density at radius 3 is 2.50 bits per heavy atom. The minimum absolute atomic E-state index is 0.0610. The van der Waals surface area contributed by atoms with Gasteiger partial charge in [0.1, 0.15) is 0 Å². The van der Waals surface area contributed by atoms with Crippen LogP contribution in [0.15, 0.2) is 18.3 Å². The van der Waals surface area contributed by atoms with Crippen molar-refractivity contribution in [3.05, 3.63) is 24.0 Å². The zero-order chi connectivity index (χ0) is 15.3. The van der Waals surface area contributed by atoms with E-state index in [1.807, 2.05) is 39.8 Å². The van der Waals surface area contributed by atoms with Crippen LogP contribution in [0.25, 0.3) is 0 Å². The van der Waals surface area contributed by atoms with E-state index in [4.69, 9.17) is 0 Å². The highest BCUT2D eigenvalue weighted by molar-refractivity contribution is 5.92. The summed E-state index contributed by atoms with van der Waals surface area (Å²) in [6, 6.07) is 3.66. The fourth-order valence-corrected chi connectivity index (χ4v) is 2.10. The summed E-state index contributed by atoms with van der Waals surface area (Å²) in [6.45, 7) is 7.38. The average molecular weight is 277 g/mol. The summed E-state index contributed by atoms with van der Waals surface area (Å²) in [4.78, 5) is 28.0. The van der Waals surface area contributed by atoms with Crippen molar-refractivity contribution in [3.63, 3.8) is 0 Å². The molecule has 0 saturated carbocycles. The molecular weight excluding hydrogens is 254 g/mol. The van der Waals surface area contributed by atoms with E-state index in [2.05, 4.69) is 15.6 Å². The molecule has 20 heavy (non-hydrogen) atoms. The monoisotopic (exact) mass is 277 g/mol. The van der Waals surface area contributed by atoms with Crippen molar-refractivity contribution in [2.24, 2.45) is 11.3 Å². The van der Waals surface area contributed by atoms with Crippen molar-refractivity contribution in [1.82, 2.24) is 10.3 Å². The molecule has 0 bridgehead atoms. The molecule has 2 amide bonds. The Morgan fingerprint density at radius 2 is 2.00 bits per heavy atom. The summed E-state index contributed by atoms with van der Waals surface area (Å²) in [5.74, 6) is -0.426. The first-order valence-electron chi connectivity index (χ1n) is 6.72. The van der Waals surface area contributed by atoms with Crippen LogP contribution in [0.4, 0.5) is 5.69 Å². The molecule has 0 aliphatic carbocycles. The molecule has 0 aliphatic heterocycles. The number of carbonyl (C=O) groups excluding carboxylic acids is 2. The second kappa shape index (κ2) is 6.50. The molecule has 1 aromatic rings. The minimum atomic E-state index is -0.572. The van der Waals surface area contributed by atoms with E-state index in [0.29, 0.717) is 12.1 Å². The number of carbonyl (C=O) groups is 2. The number of pyridine rings is 1. The van der Waals surface area contributed by atoms with E-state index < -0.39 is 5.41 Å². The Morgan fingerprint density at radius 1 is 1.35 bits per heavy atom. The minimum Gasteiger partial charge on any atom is -0.359 e. The van der Waals surface area contributed by atoms with E-state index in [-0.39, 0.29) is 17.7 Å². The lowest BCUT2D eigenvalue weighted by atomic mass is 9.82. The predicted molar refractivity (Wildman–Crippen MR) is 79.2 cm³/mol. The van der Waals surface area contributed by atoms with Crippen molar-refractivity contribution in [3.8, 4) is 0 Å². The molecule has 2 N–H and O–H groups in total. The second-order valence-corrected chi connectivity index (χ2v) is 5.75. The quantitative estimate of drug-likeness (QED) is 0.866. The fraction of sp³-hybridized carbons (Fsp3) is 0.533. The van der Waals surface area contributed by atoms with Crippen LogP contribution in [0.3, 0.4) is 0 Å². The van der Waals surface area contributed by atoms with E-state index >= 15 is 0 Å². The van der Waals surface area contributed by atoms with Gasteiger partial charge < -0.3 is 10.6 Å². The first-order chi connectivity index (χ1) is 9.26. The molecule has 1 heterocycles. The molecular formula is C15H23N3O2. The highest BCUT2D eigenvalue weighted by Gasteiger charge is 2.31. The number of amides is 2. The Balaban J connectivity index is 2.63. The van der Waals surface area contributed by atoms with Gasteiger partial charge in [0, 0.05) is 24.1 Å². The second-order valence-electron chi connectivity index (χ2n) is 5.75. The molecule has 5 heteroatoms. The molecule has 1 unspecified atom stereocenters. The van der Waals surface area contributed by atoms with Crippen LogP contribution in [0.1, 0.15) is 32.9 Å². The molecule has 1 aromatic heterocycles. The fourth-order valence-electron chi connectivity index (χ4n) is 2.10. The maximum Gasteiger partial charge on any atom is 0.227 e. The van der Waals surface area contributed by atoms with Crippen LogP contribution in [-0.2, 0) is 9.59 Å². The van der Waals surface area contributed by atoms with Gasteiger partial charge in [0.05, 0.1) is 11.9 Å². The average Bonchev–Trinajstić information content (AvgIpc) is 2.39. The first-order valence-corrected chi connectivity index (χ1v) is 6.72. The lowest BCUT2D eigenvalue weighted by molar-refractivity contribution is -0.130. The molecule has 0 saturated heterocycles. The van der Waals surface area contributed by atoms with E-state index in [0.717, 1.165) is 5.69 Å². The molecule has 0 fully saturated rings. The molecule has 0 spiro atoms. The third kappa shape index (κ3) is 4.33. The third-order valence-electron chi connectivity index (χ3n) is 3.28. The van der Waals surface area contributed by atoms with Crippen LogP contribution in [0.5, 0.6) is 0 Å². The Hall–Kier alpha value is -1.91. The summed E-state index contributed by atoms with van der Waals surface area (Å²) in [6.07, 6.45) is 2.11. The summed E-state index contributed by atoms with van der Waals surface area (Å²) in [5, 5.41) is 5.44. The number of aryl methyl sites for hydroxylation is 1. The number of rotatable bonds is 5. The van der Waals surface area contributed by atoms with Crippen LogP contribution in [0.2, 0.25) is 0 Å². The molecule has 0 aliphatic rings. The Kier molecular flexibility index (Phi) is 5.25. The van der Waals surface area contributed by atoms with Crippen molar-refractivity contribution in [2.75, 3.05) is 12.4 Å². The van der Waals surface area contributed by atoms with Gasteiger partial charge in [-0.25, -0.2) is 0 Å². The summed E-state index contributed by atoms with van der Waals surface area (Å²) >= 11 is 0. The van der Waals surface area contributed by atoms with Crippen molar-refractivity contribution in [1.29, 1.82) is 0 Å². The van der Waals surface area contributed by atoms with E-state index in [1.54, 1.807) is 13.2 Å². The van der Waals surface area contributed by atoms with Crippen LogP contribution in [-0.4, -0.2) is 23.8 Å². The van der Waals surface area contributed by atoms with Gasteiger partial charge in [-0.15, -0.1) is 0 Å². The molecule has 0 radical (unpaired) electrons. The van der Waals surface area contributed by atoms with Crippen LogP contribution in [0, 0.1) is 18.3 Å². The van der Waals surface area contributed by atoms with Gasteiger partial charge in [-0.05, 0) is 25.5 Å². The zero-order valence-corrected chi connectivity index (χ0v) is 12.8. The van der Waals surface area contributed by atoms with E-state index in [9.17, 15) is 9.59 Å². The standard InChI is InChI=1S/C15H23N3O2/c1-10(8-15(3,4)14(20)16-5)13(19)18-12-7-6-11(2)17-9-12/h6-7,9-10H,8H2,1-5H3,(H,16,20)(H,18,19). The van der Waals surface area contributed by atoms with Gasteiger partial charge in [0.25, 0.3) is 0 Å². The highest BCUT2D eigenvalue weighted by atomic mass is 16.2. The van der Waals surface area contributed by atoms with Gasteiger partial charge in [0.15, 0.2) is 0 Å². The number of hydrogen-bond donors (Lipinski definition) is 2. The van der Waals surface area contributed by atoms with Crippen LogP contribution >= 0.6 is 0 Å². The van der Waals surface area contributed by atoms with Crippen molar-refractivity contribution in [2.45, 2.75) is 34.1 Å². The molecule has 1 atom stereocenters. The molecule has 1 rings (SSSR count). The Bertz CT molecular complexity index is 480. The van der Waals surface area contributed by atoms with Crippen molar-refractivity contribution >= 4 is 17.5 Å². The van der Waals surface area contributed by atoms with Gasteiger partial charge in [-0.3, -0.25) is 14.6 Å². The number of anilines is 1. The molecule has 5 nitrogen and oxygen atoms in total. The number of aromatic nitrogens is 1. The van der Waals surface area contributed by atoms with Gasteiger partial charge in [0.2, 0.25) is 11.8 Å². The third-order valence-corrected chi connectivity index (χ3v) is 3.28. The molecule has 0 aromatic carbocycles. The summed E-state index contributed by atoms with van der Waals surface area (Å²) in [5.41, 5.74) is 0.999. The van der Waals surface area contributed by atoms with Crippen LogP contribution < -0.4 is 10.6 Å². The smallest absolute Gasteiger partial charge is 0.227 e. The lowest BCUT2D eigenvalue weighted by Gasteiger charge is -2.25. The normalized spacial score (nSPS) is 12.7. The maximum atomic E-state index is 12.1. The molecule has 110 valence electrons. The summed E-state index contributed by atoms with van der Waals surface area (Å²) < 4.78 is 0. The maximum absolute atomic E-state index is 12.1. The SMILES string of the molecule is CNC(=O)C(C)(C)CC(C)C(=O)Nc1ccc(C)nc1. The lowest BCUT2D eigenvalue weighted by Crippen LogP contribution is -2.37.